The van der Waals surface area contributed by atoms with Gasteiger partial charge in [0.1, 0.15) is 11.5 Å². The Labute approximate surface area is 220 Å². The van der Waals surface area contributed by atoms with Gasteiger partial charge < -0.3 is 18.9 Å². The van der Waals surface area contributed by atoms with E-state index in [1.54, 1.807) is 42.5 Å². The largest absolute Gasteiger partial charge is 0.494 e. The fourth-order valence-electron chi connectivity index (χ4n) is 3.59. The highest BCUT2D eigenvalue weighted by molar-refractivity contribution is 5.92. The summed E-state index contributed by atoms with van der Waals surface area (Å²) in [5, 5.41) is 5.94. The molecule has 0 saturated heterocycles. The zero-order valence-corrected chi connectivity index (χ0v) is 21.2. The predicted molar refractivity (Wildman–Crippen MR) is 145 cm³/mol. The van der Waals surface area contributed by atoms with Crippen LogP contribution in [0.2, 0.25) is 0 Å². The molecule has 1 amide bonds. The van der Waals surface area contributed by atoms with E-state index in [-0.39, 0.29) is 12.4 Å². The number of amides is 1. The molecule has 0 saturated carbocycles. The van der Waals surface area contributed by atoms with Gasteiger partial charge in [0.25, 0.3) is 5.91 Å². The van der Waals surface area contributed by atoms with Gasteiger partial charge in [0, 0.05) is 5.39 Å². The van der Waals surface area contributed by atoms with Crippen molar-refractivity contribution in [3.8, 4) is 23.0 Å². The Hall–Kier alpha value is -4.85. The third kappa shape index (κ3) is 6.88. The van der Waals surface area contributed by atoms with Gasteiger partial charge in [0.15, 0.2) is 18.1 Å². The summed E-state index contributed by atoms with van der Waals surface area (Å²) in [7, 11) is 1.47. The van der Waals surface area contributed by atoms with E-state index in [9.17, 15) is 9.59 Å². The number of nitrogens with one attached hydrogen (secondary N) is 1. The minimum Gasteiger partial charge on any atom is -0.494 e. The molecular weight excluding hydrogens is 484 g/mol. The molecule has 1 N–H and O–H groups in total. The average molecular weight is 513 g/mol. The molecule has 4 aromatic rings. The zero-order chi connectivity index (χ0) is 26.7. The number of methoxy groups -OCH3 is 1. The van der Waals surface area contributed by atoms with Gasteiger partial charge in [-0.05, 0) is 65.9 Å². The molecule has 8 nitrogen and oxygen atoms in total. The summed E-state index contributed by atoms with van der Waals surface area (Å²) in [4.78, 5) is 24.8. The van der Waals surface area contributed by atoms with E-state index in [1.165, 1.54) is 13.3 Å². The normalized spacial score (nSPS) is 10.8. The maximum absolute atomic E-state index is 12.6. The molecular formula is C30H28N2O6. The molecule has 4 rings (SSSR count). The monoisotopic (exact) mass is 512 g/mol. The van der Waals surface area contributed by atoms with Crippen molar-refractivity contribution in [2.24, 2.45) is 5.10 Å². The van der Waals surface area contributed by atoms with Crippen LogP contribution in [0.1, 0.15) is 29.3 Å². The smallest absolute Gasteiger partial charge is 0.343 e. The van der Waals surface area contributed by atoms with Crippen LogP contribution in [0.5, 0.6) is 23.0 Å². The SMILES string of the molecule is CCCOc1ccc(C(=O)Oc2ccc(/C=N/NC(=O)COc3cccc4ccccc34)cc2OC)cc1. The Balaban J connectivity index is 1.32. The standard InChI is InChI=1S/C30H28N2O6/c1-3-17-36-24-14-12-23(13-15-24)30(34)38-27-16-11-21(18-28(27)35-2)19-31-32-29(33)20-37-26-10-6-8-22-7-4-5-9-25(22)26/h4-16,18-19H,3,17,20H2,1-2H3,(H,32,33)/b31-19+. The summed E-state index contributed by atoms with van der Waals surface area (Å²) < 4.78 is 22.1. The minimum absolute atomic E-state index is 0.185. The third-order valence-corrected chi connectivity index (χ3v) is 5.46. The second-order valence-electron chi connectivity index (χ2n) is 8.23. The first-order chi connectivity index (χ1) is 18.6. The van der Waals surface area contributed by atoms with E-state index in [0.717, 1.165) is 17.2 Å². The van der Waals surface area contributed by atoms with Crippen molar-refractivity contribution in [1.29, 1.82) is 0 Å². The Kier molecular flexibility index (Phi) is 8.91. The maximum Gasteiger partial charge on any atom is 0.343 e. The molecule has 38 heavy (non-hydrogen) atoms. The van der Waals surface area contributed by atoms with E-state index in [0.29, 0.717) is 35.0 Å². The van der Waals surface area contributed by atoms with Gasteiger partial charge in [0.2, 0.25) is 0 Å². The summed E-state index contributed by atoms with van der Waals surface area (Å²) in [6, 6.07) is 25.1. The first-order valence-corrected chi connectivity index (χ1v) is 12.1. The Morgan fingerprint density at radius 1 is 0.868 bits per heavy atom. The zero-order valence-electron chi connectivity index (χ0n) is 21.2. The lowest BCUT2D eigenvalue weighted by atomic mass is 10.1. The van der Waals surface area contributed by atoms with Crippen molar-refractivity contribution in [1.82, 2.24) is 5.43 Å². The first kappa shape index (κ1) is 26.2. The number of fused-ring (bicyclic) bond motifs is 1. The van der Waals surface area contributed by atoms with Crippen molar-refractivity contribution in [2.45, 2.75) is 13.3 Å². The summed E-state index contributed by atoms with van der Waals surface area (Å²) >= 11 is 0. The molecule has 0 radical (unpaired) electrons. The van der Waals surface area contributed by atoms with Gasteiger partial charge in [-0.25, -0.2) is 10.2 Å². The molecule has 0 aromatic heterocycles. The van der Waals surface area contributed by atoms with Crippen LogP contribution < -0.4 is 24.4 Å². The highest BCUT2D eigenvalue weighted by atomic mass is 16.6. The highest BCUT2D eigenvalue weighted by Crippen LogP contribution is 2.29. The number of hydrogen-bond acceptors (Lipinski definition) is 7. The van der Waals surface area contributed by atoms with Gasteiger partial charge >= 0.3 is 5.97 Å². The van der Waals surface area contributed by atoms with Crippen molar-refractivity contribution in [3.63, 3.8) is 0 Å². The van der Waals surface area contributed by atoms with Gasteiger partial charge in [0.05, 0.1) is 25.5 Å². The summed E-state index contributed by atoms with van der Waals surface area (Å²) in [5.74, 6) is 0.988. The van der Waals surface area contributed by atoms with Crippen molar-refractivity contribution in [2.75, 3.05) is 20.3 Å². The summed E-state index contributed by atoms with van der Waals surface area (Å²) in [6.45, 7) is 2.45. The number of ether oxygens (including phenoxy) is 4. The predicted octanol–water partition coefficient (Wildman–Crippen LogP) is 5.39. The summed E-state index contributed by atoms with van der Waals surface area (Å²) in [6.07, 6.45) is 2.36. The van der Waals surface area contributed by atoms with Crippen LogP contribution in [0.25, 0.3) is 10.8 Å². The van der Waals surface area contributed by atoms with E-state index in [4.69, 9.17) is 18.9 Å². The van der Waals surface area contributed by atoms with E-state index in [2.05, 4.69) is 10.5 Å². The van der Waals surface area contributed by atoms with Gasteiger partial charge in [-0.1, -0.05) is 43.3 Å². The van der Waals surface area contributed by atoms with Crippen LogP contribution in [0.3, 0.4) is 0 Å². The van der Waals surface area contributed by atoms with Gasteiger partial charge in [-0.2, -0.15) is 5.10 Å². The molecule has 0 bridgehead atoms. The van der Waals surface area contributed by atoms with Crippen molar-refractivity contribution in [3.05, 3.63) is 96.1 Å². The molecule has 8 heteroatoms. The number of benzene rings is 4. The lowest BCUT2D eigenvalue weighted by Crippen LogP contribution is -2.24. The molecule has 0 atom stereocenters. The van der Waals surface area contributed by atoms with Crippen molar-refractivity contribution < 1.29 is 28.5 Å². The van der Waals surface area contributed by atoms with Gasteiger partial charge in [-0.3, -0.25) is 4.79 Å². The Bertz CT molecular complexity index is 1430. The van der Waals surface area contributed by atoms with E-state index in [1.807, 2.05) is 49.4 Å². The molecule has 0 unspecified atom stereocenters. The fraction of sp³-hybridized carbons (Fsp3) is 0.167. The number of esters is 1. The molecule has 0 aliphatic carbocycles. The lowest BCUT2D eigenvalue weighted by Gasteiger charge is -2.10. The van der Waals surface area contributed by atoms with Crippen LogP contribution in [-0.4, -0.2) is 38.4 Å². The number of hydrogen-bond donors (Lipinski definition) is 1. The van der Waals surface area contributed by atoms with Crippen LogP contribution in [0.4, 0.5) is 0 Å². The van der Waals surface area contributed by atoms with Crippen molar-refractivity contribution >= 4 is 28.9 Å². The molecule has 0 fully saturated rings. The molecule has 4 aromatic carbocycles. The van der Waals surface area contributed by atoms with Crippen LogP contribution in [0, 0.1) is 0 Å². The summed E-state index contributed by atoms with van der Waals surface area (Å²) in [5.41, 5.74) is 3.46. The Morgan fingerprint density at radius 2 is 1.66 bits per heavy atom. The first-order valence-electron chi connectivity index (χ1n) is 12.1. The minimum atomic E-state index is -0.523. The number of carbonyl (C=O) groups excluding carboxylic acids is 2. The quantitative estimate of drug-likeness (QED) is 0.125. The van der Waals surface area contributed by atoms with Crippen LogP contribution in [-0.2, 0) is 4.79 Å². The third-order valence-electron chi connectivity index (χ3n) is 5.46. The molecule has 0 spiro atoms. The number of rotatable bonds is 11. The molecule has 194 valence electrons. The Morgan fingerprint density at radius 3 is 2.45 bits per heavy atom. The second-order valence-corrected chi connectivity index (χ2v) is 8.23. The number of hydrazone groups is 1. The highest BCUT2D eigenvalue weighted by Gasteiger charge is 2.13. The molecule has 0 heterocycles. The maximum atomic E-state index is 12.6. The van der Waals surface area contributed by atoms with E-state index >= 15 is 0 Å². The number of nitrogens with zero attached hydrogens (tertiary/aromatic N) is 1. The average Bonchev–Trinajstić information content (AvgIpc) is 2.95. The van der Waals surface area contributed by atoms with Crippen LogP contribution in [0.15, 0.2) is 90.0 Å². The van der Waals surface area contributed by atoms with Gasteiger partial charge in [-0.15, -0.1) is 0 Å². The molecule has 0 aliphatic heterocycles. The fourth-order valence-corrected chi connectivity index (χ4v) is 3.59. The van der Waals surface area contributed by atoms with Crippen LogP contribution >= 0.6 is 0 Å². The lowest BCUT2D eigenvalue weighted by molar-refractivity contribution is -0.123. The topological polar surface area (TPSA) is 95.5 Å². The molecule has 0 aliphatic rings. The number of carbonyl (C=O) groups is 2. The second kappa shape index (κ2) is 12.9. The van der Waals surface area contributed by atoms with E-state index < -0.39 is 11.9 Å².